The first-order valence-corrected chi connectivity index (χ1v) is 5.10. The van der Waals surface area contributed by atoms with Crippen LogP contribution in [0.5, 0.6) is 0 Å². The van der Waals surface area contributed by atoms with Crippen LogP contribution >= 0.6 is 0 Å². The molecule has 17 heavy (non-hydrogen) atoms. The number of carbonyl (C=O) groups is 1. The smallest absolute Gasteiger partial charge is 0.309 e. The minimum atomic E-state index is -0.897. The van der Waals surface area contributed by atoms with Crippen LogP contribution in [0.1, 0.15) is 11.3 Å². The summed E-state index contributed by atoms with van der Waals surface area (Å²) in [5.74, 6) is -1.18. The van der Waals surface area contributed by atoms with Gasteiger partial charge in [0.05, 0.1) is 12.7 Å². The van der Waals surface area contributed by atoms with E-state index in [9.17, 15) is 9.18 Å². The molecule has 0 radical (unpaired) electrons. The molecule has 0 aliphatic carbocycles. The average Bonchev–Trinajstić information content (AvgIpc) is 2.68. The zero-order valence-electron chi connectivity index (χ0n) is 9.01. The molecule has 0 saturated heterocycles. The van der Waals surface area contributed by atoms with Gasteiger partial charge in [0.2, 0.25) is 0 Å². The molecule has 1 heterocycles. The molecule has 1 N–H and O–H groups in total. The van der Waals surface area contributed by atoms with E-state index >= 15 is 0 Å². The van der Waals surface area contributed by atoms with E-state index in [2.05, 4.69) is 4.98 Å². The first kappa shape index (κ1) is 11.3. The summed E-state index contributed by atoms with van der Waals surface area (Å²) in [5, 5.41) is 8.72. The number of aliphatic carboxylic acids is 1. The van der Waals surface area contributed by atoms with Crippen LogP contribution < -0.4 is 0 Å². The Morgan fingerprint density at radius 2 is 2.06 bits per heavy atom. The van der Waals surface area contributed by atoms with E-state index < -0.39 is 5.97 Å². The molecule has 2 aromatic rings. The van der Waals surface area contributed by atoms with Gasteiger partial charge in [-0.1, -0.05) is 12.1 Å². The van der Waals surface area contributed by atoms with Gasteiger partial charge in [-0.3, -0.25) is 4.79 Å². The fraction of sp³-hybridized carbons (Fsp3) is 0.167. The van der Waals surface area contributed by atoms with Gasteiger partial charge in [0.15, 0.2) is 0 Å². The van der Waals surface area contributed by atoms with E-state index in [1.807, 2.05) is 0 Å². The highest BCUT2D eigenvalue weighted by Gasteiger charge is 2.07. The quantitative estimate of drug-likeness (QED) is 0.875. The van der Waals surface area contributed by atoms with Gasteiger partial charge in [0.1, 0.15) is 5.82 Å². The van der Waals surface area contributed by atoms with Gasteiger partial charge >= 0.3 is 5.97 Å². The highest BCUT2D eigenvalue weighted by Crippen LogP contribution is 2.08. The van der Waals surface area contributed by atoms with Gasteiger partial charge in [0, 0.05) is 18.4 Å². The standard InChI is InChI=1S/C12H11FN2O2/c13-10-3-1-9(2-4-10)7-15-8-14-6-11(15)5-12(16)17/h1-4,6,8H,5,7H2,(H,16,17). The lowest BCUT2D eigenvalue weighted by Gasteiger charge is -2.06. The largest absolute Gasteiger partial charge is 0.481 e. The van der Waals surface area contributed by atoms with Gasteiger partial charge in [-0.25, -0.2) is 9.37 Å². The molecule has 0 spiro atoms. The Kier molecular flexibility index (Phi) is 3.18. The van der Waals surface area contributed by atoms with Crippen molar-refractivity contribution in [2.24, 2.45) is 0 Å². The van der Waals surface area contributed by atoms with Crippen LogP contribution in [0.2, 0.25) is 0 Å². The Hall–Kier alpha value is -2.17. The number of carboxylic acids is 1. The molecule has 0 aliphatic heterocycles. The number of carboxylic acid groups (broad SMARTS) is 1. The van der Waals surface area contributed by atoms with Crippen molar-refractivity contribution < 1.29 is 14.3 Å². The number of benzene rings is 1. The molecular weight excluding hydrogens is 223 g/mol. The molecule has 2 rings (SSSR count). The maximum absolute atomic E-state index is 12.7. The van der Waals surface area contributed by atoms with Gasteiger partial charge in [-0.15, -0.1) is 0 Å². The van der Waals surface area contributed by atoms with E-state index in [0.29, 0.717) is 12.2 Å². The topological polar surface area (TPSA) is 55.1 Å². The third-order valence-electron chi connectivity index (χ3n) is 2.40. The molecule has 0 unspecified atom stereocenters. The van der Waals surface area contributed by atoms with Crippen LogP contribution in [0.15, 0.2) is 36.8 Å². The second-order valence-electron chi connectivity index (χ2n) is 3.71. The first-order chi connectivity index (χ1) is 8.15. The van der Waals surface area contributed by atoms with Crippen LogP contribution in [0.25, 0.3) is 0 Å². The van der Waals surface area contributed by atoms with Crippen molar-refractivity contribution in [3.05, 3.63) is 53.9 Å². The molecule has 0 amide bonds. The number of imidazole rings is 1. The normalized spacial score (nSPS) is 10.4. The summed E-state index contributed by atoms with van der Waals surface area (Å²) in [6.07, 6.45) is 3.03. The molecule has 88 valence electrons. The zero-order chi connectivity index (χ0) is 12.3. The van der Waals surface area contributed by atoms with E-state index in [-0.39, 0.29) is 12.2 Å². The maximum Gasteiger partial charge on any atom is 0.309 e. The fourth-order valence-corrected chi connectivity index (χ4v) is 1.58. The van der Waals surface area contributed by atoms with Crippen LogP contribution in [-0.4, -0.2) is 20.6 Å². The minimum absolute atomic E-state index is 0.0683. The molecule has 5 heteroatoms. The Balaban J connectivity index is 2.15. The lowest BCUT2D eigenvalue weighted by Crippen LogP contribution is -2.08. The SMILES string of the molecule is O=C(O)Cc1cncn1Cc1ccc(F)cc1. The van der Waals surface area contributed by atoms with E-state index in [0.717, 1.165) is 5.56 Å². The second kappa shape index (κ2) is 4.78. The van der Waals surface area contributed by atoms with Crippen LogP contribution in [0.4, 0.5) is 4.39 Å². The summed E-state index contributed by atoms with van der Waals surface area (Å²) < 4.78 is 14.5. The van der Waals surface area contributed by atoms with E-state index in [1.54, 1.807) is 23.0 Å². The molecule has 0 bridgehead atoms. The van der Waals surface area contributed by atoms with E-state index in [1.165, 1.54) is 18.3 Å². The van der Waals surface area contributed by atoms with Crippen LogP contribution in [0, 0.1) is 5.82 Å². The Labute approximate surface area is 97.3 Å². The molecule has 0 saturated carbocycles. The van der Waals surface area contributed by atoms with Crippen molar-refractivity contribution in [3.8, 4) is 0 Å². The number of halogens is 1. The molecule has 0 fully saturated rings. The highest BCUT2D eigenvalue weighted by molar-refractivity contribution is 5.69. The summed E-state index contributed by atoms with van der Waals surface area (Å²) in [6, 6.07) is 6.09. The number of rotatable bonds is 4. The Morgan fingerprint density at radius 1 is 1.35 bits per heavy atom. The average molecular weight is 234 g/mol. The zero-order valence-corrected chi connectivity index (χ0v) is 9.01. The van der Waals surface area contributed by atoms with Crippen molar-refractivity contribution in [1.29, 1.82) is 0 Å². The minimum Gasteiger partial charge on any atom is -0.481 e. The predicted molar refractivity (Wildman–Crippen MR) is 59.1 cm³/mol. The Bertz CT molecular complexity index is 520. The summed E-state index contributed by atoms with van der Waals surface area (Å²) >= 11 is 0. The maximum atomic E-state index is 12.7. The lowest BCUT2D eigenvalue weighted by molar-refractivity contribution is -0.136. The lowest BCUT2D eigenvalue weighted by atomic mass is 10.2. The molecular formula is C12H11FN2O2. The van der Waals surface area contributed by atoms with Gasteiger partial charge in [0.25, 0.3) is 0 Å². The highest BCUT2D eigenvalue weighted by atomic mass is 19.1. The molecule has 1 aromatic carbocycles. The second-order valence-corrected chi connectivity index (χ2v) is 3.71. The fourth-order valence-electron chi connectivity index (χ4n) is 1.58. The molecule has 1 aromatic heterocycles. The van der Waals surface area contributed by atoms with Crippen molar-refractivity contribution >= 4 is 5.97 Å². The number of aromatic nitrogens is 2. The van der Waals surface area contributed by atoms with Gasteiger partial charge in [-0.05, 0) is 17.7 Å². The van der Waals surface area contributed by atoms with Crippen molar-refractivity contribution in [1.82, 2.24) is 9.55 Å². The van der Waals surface area contributed by atoms with E-state index in [4.69, 9.17) is 5.11 Å². The van der Waals surface area contributed by atoms with Crippen LogP contribution in [0.3, 0.4) is 0 Å². The van der Waals surface area contributed by atoms with Crippen LogP contribution in [-0.2, 0) is 17.8 Å². The summed E-state index contributed by atoms with van der Waals surface area (Å²) in [5.41, 5.74) is 1.53. The van der Waals surface area contributed by atoms with Crippen molar-refractivity contribution in [3.63, 3.8) is 0 Å². The van der Waals surface area contributed by atoms with Gasteiger partial charge in [-0.2, -0.15) is 0 Å². The molecule has 4 nitrogen and oxygen atoms in total. The third kappa shape index (κ3) is 2.90. The van der Waals surface area contributed by atoms with Crippen molar-refractivity contribution in [2.75, 3.05) is 0 Å². The molecule has 0 atom stereocenters. The number of nitrogens with zero attached hydrogens (tertiary/aromatic N) is 2. The predicted octanol–water partition coefficient (Wildman–Crippen LogP) is 1.70. The van der Waals surface area contributed by atoms with Gasteiger partial charge < -0.3 is 9.67 Å². The first-order valence-electron chi connectivity index (χ1n) is 5.10. The Morgan fingerprint density at radius 3 is 2.71 bits per heavy atom. The van der Waals surface area contributed by atoms with Crippen molar-refractivity contribution in [2.45, 2.75) is 13.0 Å². The number of hydrogen-bond donors (Lipinski definition) is 1. The monoisotopic (exact) mass is 234 g/mol. The summed E-state index contributed by atoms with van der Waals surface area (Å²) in [7, 11) is 0. The third-order valence-corrected chi connectivity index (χ3v) is 2.40. The summed E-state index contributed by atoms with van der Waals surface area (Å²) in [6.45, 7) is 0.489. The summed E-state index contributed by atoms with van der Waals surface area (Å²) in [4.78, 5) is 14.5. The molecule has 0 aliphatic rings. The number of hydrogen-bond acceptors (Lipinski definition) is 2.